The number of fused-ring (bicyclic) bond motifs is 1. The second-order valence-electron chi connectivity index (χ2n) is 5.24. The van der Waals surface area contributed by atoms with E-state index in [1.807, 2.05) is 42.5 Å². The number of ether oxygens (including phenoxy) is 2. The maximum Gasteiger partial charge on any atom is 0.346 e. The Morgan fingerprint density at radius 3 is 1.57 bits per heavy atom. The van der Waals surface area contributed by atoms with Gasteiger partial charge in [0.05, 0.1) is 18.5 Å². The number of carbonyl (C=O) groups excluding carboxylic acids is 2. The van der Waals surface area contributed by atoms with Crippen molar-refractivity contribution >= 4 is 59.0 Å². The zero-order valence-electron chi connectivity index (χ0n) is 15.0. The fraction of sp³-hybridized carbons (Fsp3) is 0.100. The largest absolute Gasteiger partial charge is 0.465 e. The standard InChI is InChI=1S/C20H16O4S4/c1-23-19(21)17-18(20(22)24-2)28-16(27-17)12-6-4-3-5-11-15-25-13-9-7-8-10-14(13)26-15/h3-12H,1-2H3/b5-3+,6-4+. The summed E-state index contributed by atoms with van der Waals surface area (Å²) in [5.74, 6) is -1.08. The first-order valence-corrected chi connectivity index (χ1v) is 11.4. The number of esters is 2. The monoisotopic (exact) mass is 448 g/mol. The van der Waals surface area contributed by atoms with E-state index in [0.29, 0.717) is 0 Å². The van der Waals surface area contributed by atoms with Crippen LogP contribution in [0.4, 0.5) is 0 Å². The van der Waals surface area contributed by atoms with Gasteiger partial charge in [0, 0.05) is 14.0 Å². The van der Waals surface area contributed by atoms with Gasteiger partial charge in [-0.1, -0.05) is 83.5 Å². The third kappa shape index (κ3) is 5.20. The molecule has 2 heterocycles. The van der Waals surface area contributed by atoms with E-state index in [-0.39, 0.29) is 9.81 Å². The molecule has 0 aliphatic carbocycles. The molecule has 3 rings (SSSR count). The molecule has 0 unspecified atom stereocenters. The molecular formula is C20H16O4S4. The Hall–Kier alpha value is -1.74. The van der Waals surface area contributed by atoms with E-state index in [4.69, 9.17) is 9.47 Å². The van der Waals surface area contributed by atoms with Crippen LogP contribution in [0.2, 0.25) is 0 Å². The molecule has 4 nitrogen and oxygen atoms in total. The van der Waals surface area contributed by atoms with Gasteiger partial charge in [-0.25, -0.2) is 9.59 Å². The summed E-state index contributed by atoms with van der Waals surface area (Å²) in [5.41, 5.74) is 0. The van der Waals surface area contributed by atoms with Crippen molar-refractivity contribution in [1.82, 2.24) is 0 Å². The Morgan fingerprint density at radius 1 is 0.714 bits per heavy atom. The molecular weight excluding hydrogens is 432 g/mol. The van der Waals surface area contributed by atoms with Gasteiger partial charge in [-0.05, 0) is 24.3 Å². The van der Waals surface area contributed by atoms with Crippen molar-refractivity contribution in [2.24, 2.45) is 0 Å². The molecule has 2 aliphatic rings. The molecule has 1 aromatic rings. The van der Waals surface area contributed by atoms with Crippen molar-refractivity contribution < 1.29 is 19.1 Å². The first-order valence-electron chi connectivity index (χ1n) is 8.09. The van der Waals surface area contributed by atoms with Gasteiger partial charge in [0.1, 0.15) is 9.81 Å². The fourth-order valence-electron chi connectivity index (χ4n) is 2.16. The molecule has 0 atom stereocenters. The van der Waals surface area contributed by atoms with Crippen LogP contribution in [0, 0.1) is 0 Å². The maximum atomic E-state index is 11.8. The van der Waals surface area contributed by atoms with Crippen LogP contribution >= 0.6 is 47.0 Å². The molecule has 0 N–H and O–H groups in total. The molecule has 0 fully saturated rings. The number of carbonyl (C=O) groups is 2. The summed E-state index contributed by atoms with van der Waals surface area (Å²) in [4.78, 5) is 26.7. The fourth-order valence-corrected chi connectivity index (χ4v) is 6.77. The van der Waals surface area contributed by atoms with E-state index >= 15 is 0 Å². The van der Waals surface area contributed by atoms with Crippen LogP contribution in [0.5, 0.6) is 0 Å². The normalized spacial score (nSPS) is 16.1. The van der Waals surface area contributed by atoms with Crippen LogP contribution in [0.3, 0.4) is 0 Å². The molecule has 0 saturated carbocycles. The molecule has 144 valence electrons. The number of allylic oxidation sites excluding steroid dienone is 6. The highest BCUT2D eigenvalue weighted by atomic mass is 32.2. The molecule has 0 spiro atoms. The molecule has 0 radical (unpaired) electrons. The van der Waals surface area contributed by atoms with Crippen LogP contribution in [-0.4, -0.2) is 26.2 Å². The van der Waals surface area contributed by atoms with E-state index in [0.717, 1.165) is 4.24 Å². The predicted octanol–water partition coefficient (Wildman–Crippen LogP) is 5.72. The zero-order valence-corrected chi connectivity index (χ0v) is 18.3. The number of hydrogen-bond donors (Lipinski definition) is 0. The van der Waals surface area contributed by atoms with E-state index < -0.39 is 11.9 Å². The summed E-state index contributed by atoms with van der Waals surface area (Å²) in [6.07, 6.45) is 11.6. The van der Waals surface area contributed by atoms with Crippen molar-refractivity contribution in [1.29, 1.82) is 0 Å². The Kier molecular flexibility index (Phi) is 7.61. The number of thioether (sulfide) groups is 4. The van der Waals surface area contributed by atoms with E-state index in [1.54, 1.807) is 23.5 Å². The maximum absolute atomic E-state index is 11.8. The second-order valence-corrected chi connectivity index (χ2v) is 10.0. The number of hydrogen-bond acceptors (Lipinski definition) is 8. The topological polar surface area (TPSA) is 52.6 Å². The van der Waals surface area contributed by atoms with Crippen LogP contribution in [-0.2, 0) is 19.1 Å². The Labute approximate surface area is 180 Å². The van der Waals surface area contributed by atoms with Crippen molar-refractivity contribution in [3.05, 3.63) is 79.0 Å². The minimum absolute atomic E-state index is 0.258. The Bertz CT molecular complexity index is 884. The van der Waals surface area contributed by atoms with Crippen LogP contribution < -0.4 is 0 Å². The smallest absolute Gasteiger partial charge is 0.346 e. The van der Waals surface area contributed by atoms with Crippen molar-refractivity contribution in [2.45, 2.75) is 9.79 Å². The molecule has 8 heteroatoms. The van der Waals surface area contributed by atoms with Gasteiger partial charge in [-0.15, -0.1) is 0 Å². The Balaban J connectivity index is 1.57. The lowest BCUT2D eigenvalue weighted by molar-refractivity contribution is -0.138. The first kappa shape index (κ1) is 21.0. The average molecular weight is 449 g/mol. The number of benzene rings is 1. The average Bonchev–Trinajstić information content (AvgIpc) is 3.33. The van der Waals surface area contributed by atoms with Crippen LogP contribution in [0.25, 0.3) is 0 Å². The van der Waals surface area contributed by atoms with Gasteiger partial charge < -0.3 is 9.47 Å². The molecule has 0 amide bonds. The summed E-state index contributed by atoms with van der Waals surface area (Å²) in [5, 5.41) is 0. The highest BCUT2D eigenvalue weighted by Gasteiger charge is 2.31. The van der Waals surface area contributed by atoms with E-state index in [9.17, 15) is 9.59 Å². The first-order chi connectivity index (χ1) is 13.6. The predicted molar refractivity (Wildman–Crippen MR) is 119 cm³/mol. The minimum atomic E-state index is -0.538. The van der Waals surface area contributed by atoms with Crippen molar-refractivity contribution in [3.63, 3.8) is 0 Å². The van der Waals surface area contributed by atoms with Gasteiger partial charge in [-0.2, -0.15) is 0 Å². The minimum Gasteiger partial charge on any atom is -0.465 e. The SMILES string of the molecule is COC(=O)C1=C(C(=O)OC)SC(=C/C=C/C=C/C=C2Sc3ccccc3S2)S1. The number of rotatable bonds is 5. The van der Waals surface area contributed by atoms with Gasteiger partial charge in [0.15, 0.2) is 0 Å². The summed E-state index contributed by atoms with van der Waals surface area (Å²) in [7, 11) is 2.58. The Morgan fingerprint density at radius 2 is 1.14 bits per heavy atom. The molecule has 1 aromatic carbocycles. The van der Waals surface area contributed by atoms with E-state index in [1.165, 1.54) is 51.8 Å². The third-order valence-electron chi connectivity index (χ3n) is 3.42. The highest BCUT2D eigenvalue weighted by Crippen LogP contribution is 2.51. The highest BCUT2D eigenvalue weighted by molar-refractivity contribution is 8.29. The summed E-state index contributed by atoms with van der Waals surface area (Å²) in [6, 6.07) is 8.35. The lowest BCUT2D eigenvalue weighted by Crippen LogP contribution is -2.08. The van der Waals surface area contributed by atoms with Crippen molar-refractivity contribution in [3.8, 4) is 0 Å². The molecule has 2 aliphatic heterocycles. The van der Waals surface area contributed by atoms with E-state index in [2.05, 4.69) is 18.2 Å². The van der Waals surface area contributed by atoms with Gasteiger partial charge >= 0.3 is 11.9 Å². The summed E-state index contributed by atoms with van der Waals surface area (Å²) < 4.78 is 11.5. The quantitative estimate of drug-likeness (QED) is 0.419. The molecule has 0 bridgehead atoms. The summed E-state index contributed by atoms with van der Waals surface area (Å²) in [6.45, 7) is 0. The number of methoxy groups -OCH3 is 2. The van der Waals surface area contributed by atoms with Gasteiger partial charge in [0.25, 0.3) is 0 Å². The molecule has 0 aromatic heterocycles. The molecule has 0 saturated heterocycles. The lowest BCUT2D eigenvalue weighted by atomic mass is 10.4. The van der Waals surface area contributed by atoms with Crippen molar-refractivity contribution in [2.75, 3.05) is 14.2 Å². The third-order valence-corrected chi connectivity index (χ3v) is 8.33. The zero-order chi connectivity index (χ0) is 19.9. The van der Waals surface area contributed by atoms with Gasteiger partial charge in [-0.3, -0.25) is 0 Å². The lowest BCUT2D eigenvalue weighted by Gasteiger charge is -2.00. The summed E-state index contributed by atoms with van der Waals surface area (Å²) >= 11 is 5.95. The van der Waals surface area contributed by atoms with Crippen LogP contribution in [0.15, 0.2) is 88.8 Å². The van der Waals surface area contributed by atoms with Gasteiger partial charge in [0.2, 0.25) is 0 Å². The second kappa shape index (κ2) is 10.2. The van der Waals surface area contributed by atoms with Crippen LogP contribution in [0.1, 0.15) is 0 Å². The molecule has 28 heavy (non-hydrogen) atoms.